The summed E-state index contributed by atoms with van der Waals surface area (Å²) in [7, 11) is 0. The Kier molecular flexibility index (Phi) is 5.03. The molecule has 0 spiro atoms. The Morgan fingerprint density at radius 2 is 2.33 bits per heavy atom. The quantitative estimate of drug-likeness (QED) is 0.830. The summed E-state index contributed by atoms with van der Waals surface area (Å²) in [6.07, 6.45) is 4.32. The number of aromatic nitrogens is 3. The minimum absolute atomic E-state index is 0.179. The molecular weight excluding hydrogens is 329 g/mol. The summed E-state index contributed by atoms with van der Waals surface area (Å²) in [5.41, 5.74) is 0.425. The molecule has 128 valence electrons. The van der Waals surface area contributed by atoms with Crippen LogP contribution in [0.15, 0.2) is 23.1 Å². The van der Waals surface area contributed by atoms with E-state index < -0.39 is 0 Å². The highest BCUT2D eigenvalue weighted by atomic mass is 32.2. The van der Waals surface area contributed by atoms with Gasteiger partial charge in [0.15, 0.2) is 5.82 Å². The van der Waals surface area contributed by atoms with E-state index >= 15 is 0 Å². The third-order valence-electron chi connectivity index (χ3n) is 3.95. The Bertz CT molecular complexity index is 748. The number of rotatable bonds is 4. The zero-order chi connectivity index (χ0) is 17.1. The standard InChI is InChI=1S/C16H20FN5OS/c1-3-14-20-15-12(5-4-8-22(15)21-14)19-16(23)18-10-6-7-13(24-2)11(17)9-10/h6-7,9,12H,3-5,8H2,1-2H3,(H2,18,19,23)/t12-/m1/s1. The predicted molar refractivity (Wildman–Crippen MR) is 91.7 cm³/mol. The number of fused-ring (bicyclic) bond motifs is 1. The lowest BCUT2D eigenvalue weighted by atomic mass is 10.1. The molecular formula is C16H20FN5OS. The monoisotopic (exact) mass is 349 g/mol. The average molecular weight is 349 g/mol. The van der Waals surface area contributed by atoms with Crippen LogP contribution >= 0.6 is 11.8 Å². The average Bonchev–Trinajstić information content (AvgIpc) is 2.99. The van der Waals surface area contributed by atoms with E-state index in [0.29, 0.717) is 10.6 Å². The summed E-state index contributed by atoms with van der Waals surface area (Å²) >= 11 is 1.33. The number of anilines is 1. The van der Waals surface area contributed by atoms with Crippen LogP contribution in [0, 0.1) is 5.82 Å². The third-order valence-corrected chi connectivity index (χ3v) is 4.72. The van der Waals surface area contributed by atoms with Gasteiger partial charge in [-0.25, -0.2) is 18.9 Å². The molecule has 2 amide bonds. The molecule has 8 heteroatoms. The molecule has 0 bridgehead atoms. The van der Waals surface area contributed by atoms with Crippen LogP contribution in [0.1, 0.15) is 37.5 Å². The van der Waals surface area contributed by atoms with Gasteiger partial charge < -0.3 is 10.6 Å². The molecule has 0 saturated heterocycles. The Morgan fingerprint density at radius 3 is 3.04 bits per heavy atom. The number of nitrogens with one attached hydrogen (secondary N) is 2. The minimum atomic E-state index is -0.370. The molecule has 6 nitrogen and oxygen atoms in total. The summed E-state index contributed by atoms with van der Waals surface area (Å²) in [6.45, 7) is 2.83. The molecule has 0 saturated carbocycles. The zero-order valence-electron chi connectivity index (χ0n) is 13.7. The van der Waals surface area contributed by atoms with Crippen molar-refractivity contribution < 1.29 is 9.18 Å². The molecule has 1 aliphatic heterocycles. The van der Waals surface area contributed by atoms with Gasteiger partial charge in [0.1, 0.15) is 11.6 Å². The van der Waals surface area contributed by atoms with E-state index in [2.05, 4.69) is 20.7 Å². The highest BCUT2D eigenvalue weighted by Crippen LogP contribution is 2.24. The first-order valence-electron chi connectivity index (χ1n) is 7.95. The van der Waals surface area contributed by atoms with Crippen LogP contribution < -0.4 is 10.6 Å². The Hall–Kier alpha value is -2.09. The first-order chi connectivity index (χ1) is 11.6. The van der Waals surface area contributed by atoms with Crippen molar-refractivity contribution in [2.75, 3.05) is 11.6 Å². The van der Waals surface area contributed by atoms with Gasteiger partial charge in [-0.3, -0.25) is 0 Å². The van der Waals surface area contributed by atoms with Crippen LogP contribution in [0.25, 0.3) is 0 Å². The summed E-state index contributed by atoms with van der Waals surface area (Å²) in [4.78, 5) is 17.3. The van der Waals surface area contributed by atoms with E-state index in [1.165, 1.54) is 17.8 Å². The van der Waals surface area contributed by atoms with Crippen molar-refractivity contribution in [3.63, 3.8) is 0 Å². The number of aryl methyl sites for hydroxylation is 2. The fourth-order valence-corrected chi connectivity index (χ4v) is 3.21. The Labute approximate surface area is 144 Å². The molecule has 0 unspecified atom stereocenters. The molecule has 3 rings (SSSR count). The summed E-state index contributed by atoms with van der Waals surface area (Å²) in [5.74, 6) is 1.23. The number of amides is 2. The van der Waals surface area contributed by atoms with Gasteiger partial charge in [0.05, 0.1) is 6.04 Å². The topological polar surface area (TPSA) is 71.8 Å². The SMILES string of the molecule is CCc1nc2n(n1)CCC[C@H]2NC(=O)Nc1ccc(SC)c(F)c1. The molecule has 2 N–H and O–H groups in total. The number of benzene rings is 1. The van der Waals surface area contributed by atoms with Gasteiger partial charge in [-0.15, -0.1) is 11.8 Å². The van der Waals surface area contributed by atoms with Crippen LogP contribution in [-0.2, 0) is 13.0 Å². The van der Waals surface area contributed by atoms with Gasteiger partial charge >= 0.3 is 6.03 Å². The molecule has 1 aliphatic rings. The lowest BCUT2D eigenvalue weighted by Crippen LogP contribution is -2.36. The van der Waals surface area contributed by atoms with Crippen molar-refractivity contribution in [2.45, 2.75) is 43.7 Å². The van der Waals surface area contributed by atoms with Crippen molar-refractivity contribution in [2.24, 2.45) is 0 Å². The van der Waals surface area contributed by atoms with Crippen LogP contribution in [0.2, 0.25) is 0 Å². The molecule has 1 aromatic carbocycles. The lowest BCUT2D eigenvalue weighted by Gasteiger charge is -2.23. The molecule has 0 radical (unpaired) electrons. The summed E-state index contributed by atoms with van der Waals surface area (Å²) < 4.78 is 15.6. The van der Waals surface area contributed by atoms with Gasteiger partial charge in [0.2, 0.25) is 0 Å². The summed E-state index contributed by atoms with van der Waals surface area (Å²) in [6, 6.07) is 4.12. The second-order valence-electron chi connectivity index (χ2n) is 5.61. The van der Waals surface area contributed by atoms with Crippen molar-refractivity contribution in [3.8, 4) is 0 Å². The largest absolute Gasteiger partial charge is 0.328 e. The number of carbonyl (C=O) groups is 1. The number of thioether (sulfide) groups is 1. The van der Waals surface area contributed by atoms with E-state index in [4.69, 9.17) is 0 Å². The molecule has 2 aromatic rings. The fraction of sp³-hybridized carbons (Fsp3) is 0.438. The zero-order valence-corrected chi connectivity index (χ0v) is 14.5. The van der Waals surface area contributed by atoms with Crippen LogP contribution in [-0.4, -0.2) is 27.1 Å². The van der Waals surface area contributed by atoms with Crippen LogP contribution in [0.4, 0.5) is 14.9 Å². The molecule has 0 aliphatic carbocycles. The first kappa shape index (κ1) is 16.8. The smallest absolute Gasteiger partial charge is 0.319 e. The molecule has 1 atom stereocenters. The van der Waals surface area contributed by atoms with Crippen LogP contribution in [0.5, 0.6) is 0 Å². The van der Waals surface area contributed by atoms with Gasteiger partial charge in [0, 0.05) is 23.5 Å². The van der Waals surface area contributed by atoms with Gasteiger partial charge in [0.25, 0.3) is 0 Å². The van der Waals surface area contributed by atoms with Crippen LogP contribution in [0.3, 0.4) is 0 Å². The molecule has 1 aromatic heterocycles. The Balaban J connectivity index is 1.67. The van der Waals surface area contributed by atoms with E-state index in [9.17, 15) is 9.18 Å². The highest BCUT2D eigenvalue weighted by Gasteiger charge is 2.25. The van der Waals surface area contributed by atoms with Crippen molar-refractivity contribution in [1.82, 2.24) is 20.1 Å². The van der Waals surface area contributed by atoms with Gasteiger partial charge in [-0.2, -0.15) is 5.10 Å². The maximum atomic E-state index is 13.8. The van der Waals surface area contributed by atoms with E-state index in [1.807, 2.05) is 17.9 Å². The molecule has 2 heterocycles. The molecule has 0 fully saturated rings. The van der Waals surface area contributed by atoms with E-state index in [-0.39, 0.29) is 17.9 Å². The number of halogens is 1. The van der Waals surface area contributed by atoms with Crippen molar-refractivity contribution >= 4 is 23.5 Å². The summed E-state index contributed by atoms with van der Waals surface area (Å²) in [5, 5.41) is 10.0. The van der Waals surface area contributed by atoms with Crippen molar-refractivity contribution in [1.29, 1.82) is 0 Å². The Morgan fingerprint density at radius 1 is 1.50 bits per heavy atom. The van der Waals surface area contributed by atoms with Gasteiger partial charge in [-0.1, -0.05) is 6.92 Å². The number of nitrogens with zero attached hydrogens (tertiary/aromatic N) is 3. The van der Waals surface area contributed by atoms with E-state index in [1.54, 1.807) is 12.1 Å². The lowest BCUT2D eigenvalue weighted by molar-refractivity contribution is 0.244. The minimum Gasteiger partial charge on any atom is -0.328 e. The predicted octanol–water partition coefficient (Wildman–Crippen LogP) is 3.36. The maximum absolute atomic E-state index is 13.8. The number of urea groups is 1. The van der Waals surface area contributed by atoms with E-state index in [0.717, 1.165) is 37.5 Å². The normalized spacial score (nSPS) is 16.5. The highest BCUT2D eigenvalue weighted by molar-refractivity contribution is 7.98. The van der Waals surface area contributed by atoms with Crippen molar-refractivity contribution in [3.05, 3.63) is 35.7 Å². The third kappa shape index (κ3) is 3.53. The molecule has 24 heavy (non-hydrogen) atoms. The fourth-order valence-electron chi connectivity index (χ4n) is 2.76. The van der Waals surface area contributed by atoms with Gasteiger partial charge in [-0.05, 0) is 37.3 Å². The number of hydrogen-bond acceptors (Lipinski definition) is 4. The second kappa shape index (κ2) is 7.21. The maximum Gasteiger partial charge on any atom is 0.319 e. The number of hydrogen-bond donors (Lipinski definition) is 2. The number of carbonyl (C=O) groups excluding carboxylic acids is 1. The second-order valence-corrected chi connectivity index (χ2v) is 6.45. The first-order valence-corrected chi connectivity index (χ1v) is 9.18.